The third-order valence-electron chi connectivity index (χ3n) is 3.90. The largest absolute Gasteiger partial charge is 0.394 e. The first kappa shape index (κ1) is 17.9. The Morgan fingerprint density at radius 3 is 2.70 bits per heavy atom. The smallest absolute Gasteiger partial charge is 0.142 e. The number of halogens is 2. The van der Waals surface area contributed by atoms with Gasteiger partial charge in [0.2, 0.25) is 0 Å². The van der Waals surface area contributed by atoms with E-state index in [-0.39, 0.29) is 18.2 Å². The number of aliphatic hydroxyl groups is 2. The summed E-state index contributed by atoms with van der Waals surface area (Å²) >= 11 is 5.69. The normalized spacial score (nSPS) is 12.6. The lowest BCUT2D eigenvalue weighted by Crippen LogP contribution is -2.24. The lowest BCUT2D eigenvalue weighted by Gasteiger charge is -2.17. The van der Waals surface area contributed by atoms with Crippen LogP contribution < -0.4 is 5.32 Å². The van der Waals surface area contributed by atoms with E-state index >= 15 is 0 Å². The van der Waals surface area contributed by atoms with Crippen molar-refractivity contribution in [3.8, 4) is 0 Å². The van der Waals surface area contributed by atoms with Crippen molar-refractivity contribution in [2.24, 2.45) is 0 Å². The molecule has 0 saturated carbocycles. The fourth-order valence-electron chi connectivity index (χ4n) is 2.54. The molecule has 7 heteroatoms. The number of hydrogen-bond acceptors (Lipinski definition) is 4. The Hall–Kier alpha value is -1.47. The van der Waals surface area contributed by atoms with Crippen LogP contribution in [0.3, 0.4) is 0 Å². The average Bonchev–Trinajstić information content (AvgIpc) is 2.79. The minimum absolute atomic E-state index is 0.0259. The summed E-state index contributed by atoms with van der Waals surface area (Å²) in [6.45, 7) is 4.62. The Morgan fingerprint density at radius 1 is 1.35 bits per heavy atom. The number of aromatic nitrogens is 2. The number of aryl methyl sites for hydroxylation is 1. The molecule has 0 amide bonds. The molecule has 1 unspecified atom stereocenters. The van der Waals surface area contributed by atoms with Crippen molar-refractivity contribution in [2.75, 3.05) is 13.2 Å². The summed E-state index contributed by atoms with van der Waals surface area (Å²) in [5.74, 6) is -0.507. The van der Waals surface area contributed by atoms with Crippen molar-refractivity contribution in [1.82, 2.24) is 15.1 Å². The SMILES string of the molecule is Cc1nn(CCO)c(C)c1CNC(CO)c1ccc(Cl)c(F)c1. The highest BCUT2D eigenvalue weighted by molar-refractivity contribution is 6.30. The molecule has 23 heavy (non-hydrogen) atoms. The molecule has 0 aliphatic heterocycles. The number of nitrogens with zero attached hydrogens (tertiary/aromatic N) is 2. The summed E-state index contributed by atoms with van der Waals surface area (Å²) in [5, 5.41) is 26.3. The lowest BCUT2D eigenvalue weighted by molar-refractivity contribution is 0.243. The van der Waals surface area contributed by atoms with E-state index in [1.54, 1.807) is 10.7 Å². The molecular formula is C16H21ClFN3O2. The van der Waals surface area contributed by atoms with Crippen LogP contribution in [0.1, 0.15) is 28.6 Å². The van der Waals surface area contributed by atoms with Gasteiger partial charge in [-0.25, -0.2) is 4.39 Å². The predicted octanol–water partition coefficient (Wildman–Crippen LogP) is 2.11. The van der Waals surface area contributed by atoms with E-state index in [9.17, 15) is 9.50 Å². The van der Waals surface area contributed by atoms with Crippen LogP contribution in [-0.4, -0.2) is 33.2 Å². The molecule has 0 fully saturated rings. The lowest BCUT2D eigenvalue weighted by atomic mass is 10.1. The fraction of sp³-hybridized carbons (Fsp3) is 0.438. The minimum Gasteiger partial charge on any atom is -0.394 e. The molecule has 3 N–H and O–H groups in total. The van der Waals surface area contributed by atoms with Gasteiger partial charge in [0.15, 0.2) is 0 Å². The van der Waals surface area contributed by atoms with Gasteiger partial charge >= 0.3 is 0 Å². The van der Waals surface area contributed by atoms with Gasteiger partial charge in [-0.2, -0.15) is 5.10 Å². The van der Waals surface area contributed by atoms with Crippen LogP contribution in [0.2, 0.25) is 5.02 Å². The zero-order chi connectivity index (χ0) is 17.0. The zero-order valence-corrected chi connectivity index (χ0v) is 13.9. The summed E-state index contributed by atoms with van der Waals surface area (Å²) in [7, 11) is 0. The molecule has 0 aliphatic rings. The van der Waals surface area contributed by atoms with Gasteiger partial charge in [0, 0.05) is 17.8 Å². The summed E-state index contributed by atoms with van der Waals surface area (Å²) < 4.78 is 15.3. The van der Waals surface area contributed by atoms with E-state index < -0.39 is 11.9 Å². The highest BCUT2D eigenvalue weighted by atomic mass is 35.5. The first-order valence-corrected chi connectivity index (χ1v) is 7.78. The summed E-state index contributed by atoms with van der Waals surface area (Å²) in [5.41, 5.74) is 3.46. The van der Waals surface area contributed by atoms with Crippen LogP contribution in [-0.2, 0) is 13.1 Å². The van der Waals surface area contributed by atoms with Gasteiger partial charge in [-0.15, -0.1) is 0 Å². The standard InChI is InChI=1S/C16H21ClFN3O2/c1-10-13(11(2)21(20-10)5-6-22)8-19-16(9-23)12-3-4-14(17)15(18)7-12/h3-4,7,16,19,22-23H,5-6,8-9H2,1-2H3. The van der Waals surface area contributed by atoms with Crippen molar-refractivity contribution in [3.05, 3.63) is 51.6 Å². The fourth-order valence-corrected chi connectivity index (χ4v) is 2.66. The number of rotatable bonds is 7. The second-order valence-corrected chi connectivity index (χ2v) is 5.79. The molecule has 0 saturated heterocycles. The third kappa shape index (κ3) is 4.09. The molecule has 0 spiro atoms. The topological polar surface area (TPSA) is 70.3 Å². The molecule has 1 atom stereocenters. The highest BCUT2D eigenvalue weighted by Crippen LogP contribution is 2.21. The predicted molar refractivity (Wildman–Crippen MR) is 86.9 cm³/mol. The molecule has 0 aliphatic carbocycles. The van der Waals surface area contributed by atoms with Gasteiger partial charge in [0.1, 0.15) is 5.82 Å². The molecule has 1 aromatic carbocycles. The Kier molecular flexibility index (Phi) is 6.12. The first-order valence-electron chi connectivity index (χ1n) is 7.40. The van der Waals surface area contributed by atoms with E-state index in [4.69, 9.17) is 16.7 Å². The molecule has 1 aromatic heterocycles. The van der Waals surface area contributed by atoms with E-state index in [1.165, 1.54) is 12.1 Å². The molecule has 2 rings (SSSR count). The number of nitrogens with one attached hydrogen (secondary N) is 1. The van der Waals surface area contributed by atoms with Gasteiger partial charge in [-0.05, 0) is 31.5 Å². The molecule has 0 bridgehead atoms. The van der Waals surface area contributed by atoms with Crippen molar-refractivity contribution < 1.29 is 14.6 Å². The average molecular weight is 342 g/mol. The quantitative estimate of drug-likeness (QED) is 0.721. The van der Waals surface area contributed by atoms with Gasteiger partial charge in [0.25, 0.3) is 0 Å². The molecule has 0 radical (unpaired) electrons. The van der Waals surface area contributed by atoms with E-state index in [0.29, 0.717) is 18.7 Å². The van der Waals surface area contributed by atoms with Gasteiger partial charge in [0.05, 0.1) is 36.5 Å². The third-order valence-corrected chi connectivity index (χ3v) is 4.20. The monoisotopic (exact) mass is 341 g/mol. The maximum absolute atomic E-state index is 13.6. The van der Waals surface area contributed by atoms with Crippen LogP contribution in [0.4, 0.5) is 4.39 Å². The Balaban J connectivity index is 2.13. The Bertz CT molecular complexity index is 676. The molecule has 1 heterocycles. The molecule has 2 aromatic rings. The van der Waals surface area contributed by atoms with Gasteiger partial charge in [-0.3, -0.25) is 4.68 Å². The van der Waals surface area contributed by atoms with Crippen LogP contribution in [0, 0.1) is 19.7 Å². The van der Waals surface area contributed by atoms with Crippen molar-refractivity contribution in [1.29, 1.82) is 0 Å². The summed E-state index contributed by atoms with van der Waals surface area (Å²) in [4.78, 5) is 0. The van der Waals surface area contributed by atoms with Crippen molar-refractivity contribution in [3.63, 3.8) is 0 Å². The molecule has 5 nitrogen and oxygen atoms in total. The van der Waals surface area contributed by atoms with Crippen LogP contribution in [0.25, 0.3) is 0 Å². The van der Waals surface area contributed by atoms with Crippen LogP contribution >= 0.6 is 11.6 Å². The second-order valence-electron chi connectivity index (χ2n) is 5.39. The van der Waals surface area contributed by atoms with E-state index in [2.05, 4.69) is 10.4 Å². The zero-order valence-electron chi connectivity index (χ0n) is 13.2. The minimum atomic E-state index is -0.507. The number of aliphatic hydroxyl groups excluding tert-OH is 2. The Labute approximate surface area is 139 Å². The maximum atomic E-state index is 13.6. The van der Waals surface area contributed by atoms with Gasteiger partial charge < -0.3 is 15.5 Å². The van der Waals surface area contributed by atoms with Gasteiger partial charge in [-0.1, -0.05) is 17.7 Å². The number of hydrogen-bond donors (Lipinski definition) is 3. The second kappa shape index (κ2) is 7.88. The summed E-state index contributed by atoms with van der Waals surface area (Å²) in [6, 6.07) is 4.09. The first-order chi connectivity index (χ1) is 11.0. The Morgan fingerprint density at radius 2 is 2.09 bits per heavy atom. The molecule has 126 valence electrons. The maximum Gasteiger partial charge on any atom is 0.142 e. The van der Waals surface area contributed by atoms with Crippen molar-refractivity contribution in [2.45, 2.75) is 33.0 Å². The van der Waals surface area contributed by atoms with Crippen LogP contribution in [0.5, 0.6) is 0 Å². The number of benzene rings is 1. The molecular weight excluding hydrogens is 321 g/mol. The highest BCUT2D eigenvalue weighted by Gasteiger charge is 2.16. The van der Waals surface area contributed by atoms with E-state index in [1.807, 2.05) is 13.8 Å². The van der Waals surface area contributed by atoms with Crippen LogP contribution in [0.15, 0.2) is 18.2 Å². The van der Waals surface area contributed by atoms with E-state index in [0.717, 1.165) is 17.0 Å². The summed E-state index contributed by atoms with van der Waals surface area (Å²) in [6.07, 6.45) is 0. The van der Waals surface area contributed by atoms with Crippen molar-refractivity contribution >= 4 is 11.6 Å².